The maximum Gasteiger partial charge on any atom is 0.269 e. The molecule has 9 heteroatoms. The molecule has 0 bridgehead atoms. The summed E-state index contributed by atoms with van der Waals surface area (Å²) in [6, 6.07) is 5.32. The van der Waals surface area contributed by atoms with E-state index in [9.17, 15) is 19.7 Å². The van der Waals surface area contributed by atoms with E-state index in [1.54, 1.807) is 19.1 Å². The average molecular weight is 412 g/mol. The monoisotopic (exact) mass is 412 g/mol. The highest BCUT2D eigenvalue weighted by atomic mass is 32.1. The zero-order valence-electron chi connectivity index (χ0n) is 15.9. The SMILES string of the molecule is CCC(C(N)=O)n1c(Cc2ccc([N+](=O)[O-])cc2)nc2sc3c(c2c1=O)CCC3. The number of benzene rings is 1. The zero-order valence-corrected chi connectivity index (χ0v) is 16.7. The van der Waals surface area contributed by atoms with Crippen LogP contribution in [0.25, 0.3) is 10.2 Å². The molecule has 0 radical (unpaired) electrons. The topological polar surface area (TPSA) is 121 Å². The smallest absolute Gasteiger partial charge is 0.269 e. The zero-order chi connectivity index (χ0) is 20.7. The van der Waals surface area contributed by atoms with Gasteiger partial charge in [-0.25, -0.2) is 4.98 Å². The second kappa shape index (κ2) is 7.40. The third-order valence-corrected chi connectivity index (χ3v) is 6.57. The van der Waals surface area contributed by atoms with Crippen molar-refractivity contribution in [1.82, 2.24) is 9.55 Å². The summed E-state index contributed by atoms with van der Waals surface area (Å²) in [5, 5.41) is 11.5. The van der Waals surface area contributed by atoms with Gasteiger partial charge in [0.15, 0.2) is 0 Å². The minimum Gasteiger partial charge on any atom is -0.368 e. The molecule has 29 heavy (non-hydrogen) atoms. The number of aryl methyl sites for hydroxylation is 2. The van der Waals surface area contributed by atoms with Crippen LogP contribution in [0.2, 0.25) is 0 Å². The molecule has 4 rings (SSSR count). The lowest BCUT2D eigenvalue weighted by Crippen LogP contribution is -2.36. The highest BCUT2D eigenvalue weighted by molar-refractivity contribution is 7.18. The Morgan fingerprint density at radius 2 is 2.07 bits per heavy atom. The number of carbonyl (C=O) groups is 1. The molecule has 3 aromatic rings. The van der Waals surface area contributed by atoms with Crippen molar-refractivity contribution in [2.24, 2.45) is 5.73 Å². The van der Waals surface area contributed by atoms with Gasteiger partial charge in [0.2, 0.25) is 5.91 Å². The van der Waals surface area contributed by atoms with Crippen molar-refractivity contribution in [1.29, 1.82) is 0 Å². The Balaban J connectivity index is 1.88. The van der Waals surface area contributed by atoms with Gasteiger partial charge in [0.05, 0.1) is 10.3 Å². The van der Waals surface area contributed by atoms with Gasteiger partial charge >= 0.3 is 0 Å². The Kier molecular flexibility index (Phi) is 4.91. The molecule has 150 valence electrons. The first-order valence-corrected chi connectivity index (χ1v) is 10.3. The highest BCUT2D eigenvalue weighted by Gasteiger charge is 2.27. The van der Waals surface area contributed by atoms with E-state index in [4.69, 9.17) is 10.7 Å². The van der Waals surface area contributed by atoms with E-state index in [1.165, 1.54) is 32.9 Å². The number of nitrogens with zero attached hydrogens (tertiary/aromatic N) is 3. The summed E-state index contributed by atoms with van der Waals surface area (Å²) in [5.74, 6) is -0.130. The fourth-order valence-electron chi connectivity index (χ4n) is 3.97. The van der Waals surface area contributed by atoms with Crippen molar-refractivity contribution in [3.05, 3.63) is 66.6 Å². The van der Waals surface area contributed by atoms with Crippen LogP contribution in [0.3, 0.4) is 0 Å². The molecule has 2 N–H and O–H groups in total. The minimum absolute atomic E-state index is 0.00666. The molecule has 1 aliphatic rings. The number of rotatable bonds is 6. The number of aromatic nitrogens is 2. The van der Waals surface area contributed by atoms with Crippen LogP contribution in [0.15, 0.2) is 29.1 Å². The minimum atomic E-state index is -0.788. The van der Waals surface area contributed by atoms with E-state index in [2.05, 4.69) is 0 Å². The van der Waals surface area contributed by atoms with Gasteiger partial charge in [-0.05, 0) is 36.8 Å². The summed E-state index contributed by atoms with van der Waals surface area (Å²) < 4.78 is 1.43. The van der Waals surface area contributed by atoms with Gasteiger partial charge in [-0.15, -0.1) is 11.3 Å². The van der Waals surface area contributed by atoms with Crippen molar-refractivity contribution < 1.29 is 9.72 Å². The second-order valence-electron chi connectivity index (χ2n) is 7.17. The number of nitro groups is 1. The number of amides is 1. The molecule has 2 heterocycles. The molecule has 1 aromatic carbocycles. The van der Waals surface area contributed by atoms with Crippen LogP contribution < -0.4 is 11.3 Å². The molecular weight excluding hydrogens is 392 g/mol. The quantitative estimate of drug-likeness (QED) is 0.493. The third-order valence-electron chi connectivity index (χ3n) is 5.38. The lowest BCUT2D eigenvalue weighted by molar-refractivity contribution is -0.384. The summed E-state index contributed by atoms with van der Waals surface area (Å²) in [4.78, 5) is 42.6. The number of hydrogen-bond acceptors (Lipinski definition) is 6. The maximum absolute atomic E-state index is 13.4. The molecule has 0 saturated carbocycles. The van der Waals surface area contributed by atoms with Gasteiger partial charge in [0.25, 0.3) is 11.2 Å². The molecule has 0 saturated heterocycles. The molecule has 0 spiro atoms. The number of fused-ring (bicyclic) bond motifs is 3. The van der Waals surface area contributed by atoms with Crippen LogP contribution in [-0.4, -0.2) is 20.4 Å². The van der Waals surface area contributed by atoms with Crippen LogP contribution in [0.4, 0.5) is 5.69 Å². The number of nitro benzene ring substituents is 1. The van der Waals surface area contributed by atoms with E-state index < -0.39 is 16.9 Å². The number of hydrogen-bond donors (Lipinski definition) is 1. The standard InChI is InChI=1S/C20H20N4O4S/c1-2-14(18(21)25)23-16(10-11-6-8-12(9-7-11)24(27)28)22-19-17(20(23)26)13-4-3-5-15(13)29-19/h6-9,14H,2-5,10H2,1H3,(H2,21,25). The molecule has 8 nitrogen and oxygen atoms in total. The molecule has 2 aromatic heterocycles. The Labute approximate surface area is 170 Å². The molecule has 0 fully saturated rings. The lowest BCUT2D eigenvalue weighted by atomic mass is 10.1. The summed E-state index contributed by atoms with van der Waals surface area (Å²) in [5.41, 5.74) is 7.18. The number of non-ortho nitro benzene ring substituents is 1. The van der Waals surface area contributed by atoms with Gasteiger partial charge in [-0.1, -0.05) is 19.1 Å². The number of primary amides is 1. The second-order valence-corrected chi connectivity index (χ2v) is 8.25. The number of thiophene rings is 1. The average Bonchev–Trinajstić information content (AvgIpc) is 3.25. The maximum atomic E-state index is 13.4. The third kappa shape index (κ3) is 3.31. The van der Waals surface area contributed by atoms with Crippen LogP contribution in [0.5, 0.6) is 0 Å². The highest BCUT2D eigenvalue weighted by Crippen LogP contribution is 2.35. The predicted octanol–water partition coefficient (Wildman–Crippen LogP) is 2.88. The fourth-order valence-corrected chi connectivity index (χ4v) is 5.24. The van der Waals surface area contributed by atoms with Gasteiger partial charge in [-0.2, -0.15) is 0 Å². The van der Waals surface area contributed by atoms with E-state index >= 15 is 0 Å². The molecule has 1 amide bonds. The van der Waals surface area contributed by atoms with Gasteiger partial charge in [0.1, 0.15) is 16.7 Å². The van der Waals surface area contributed by atoms with Crippen LogP contribution in [-0.2, 0) is 24.1 Å². The first-order valence-electron chi connectivity index (χ1n) is 9.49. The largest absolute Gasteiger partial charge is 0.368 e. The van der Waals surface area contributed by atoms with Crippen molar-refractivity contribution in [3.8, 4) is 0 Å². The van der Waals surface area contributed by atoms with Crippen LogP contribution in [0, 0.1) is 10.1 Å². The Morgan fingerprint density at radius 1 is 1.34 bits per heavy atom. The first kappa shape index (κ1) is 19.3. The Morgan fingerprint density at radius 3 is 2.69 bits per heavy atom. The summed E-state index contributed by atoms with van der Waals surface area (Å²) >= 11 is 1.54. The van der Waals surface area contributed by atoms with Crippen molar-refractivity contribution >= 4 is 33.1 Å². The van der Waals surface area contributed by atoms with Gasteiger partial charge in [0, 0.05) is 23.4 Å². The molecule has 1 atom stereocenters. The normalized spacial score (nSPS) is 14.1. The Hall–Kier alpha value is -3.07. The Bertz CT molecular complexity index is 1180. The predicted molar refractivity (Wildman–Crippen MR) is 110 cm³/mol. The summed E-state index contributed by atoms with van der Waals surface area (Å²) in [6.45, 7) is 1.81. The van der Waals surface area contributed by atoms with Gasteiger partial charge in [-0.3, -0.25) is 24.3 Å². The molecule has 1 aliphatic carbocycles. The van der Waals surface area contributed by atoms with Crippen LogP contribution in [0.1, 0.15) is 47.6 Å². The first-order chi connectivity index (χ1) is 13.9. The van der Waals surface area contributed by atoms with E-state index in [-0.39, 0.29) is 17.7 Å². The number of carbonyl (C=O) groups excluding carboxylic acids is 1. The van der Waals surface area contributed by atoms with E-state index in [0.717, 1.165) is 30.4 Å². The number of nitrogens with two attached hydrogens (primary N) is 1. The molecule has 0 aliphatic heterocycles. The molecule has 1 unspecified atom stereocenters. The van der Waals surface area contributed by atoms with Crippen molar-refractivity contribution in [2.45, 2.75) is 45.1 Å². The van der Waals surface area contributed by atoms with Crippen molar-refractivity contribution in [3.63, 3.8) is 0 Å². The van der Waals surface area contributed by atoms with Crippen LogP contribution >= 0.6 is 11.3 Å². The molecular formula is C20H20N4O4S. The van der Waals surface area contributed by atoms with E-state index in [0.29, 0.717) is 22.5 Å². The summed E-state index contributed by atoms with van der Waals surface area (Å²) in [6.07, 6.45) is 3.47. The van der Waals surface area contributed by atoms with E-state index in [1.807, 2.05) is 0 Å². The lowest BCUT2D eigenvalue weighted by Gasteiger charge is -2.19. The van der Waals surface area contributed by atoms with Crippen molar-refractivity contribution in [2.75, 3.05) is 0 Å². The summed E-state index contributed by atoms with van der Waals surface area (Å²) in [7, 11) is 0. The van der Waals surface area contributed by atoms with Gasteiger partial charge < -0.3 is 5.73 Å². The fraction of sp³-hybridized carbons (Fsp3) is 0.350.